The second-order valence-electron chi connectivity index (χ2n) is 4.19. The molecule has 0 unspecified atom stereocenters. The summed E-state index contributed by atoms with van der Waals surface area (Å²) < 4.78 is 0. The molecule has 106 valence electrons. The van der Waals surface area contributed by atoms with Crippen LogP contribution < -0.4 is 5.73 Å². The summed E-state index contributed by atoms with van der Waals surface area (Å²) >= 11 is 0. The minimum Gasteiger partial charge on any atom is -0.478 e. The summed E-state index contributed by atoms with van der Waals surface area (Å²) in [4.78, 5) is 25.1. The number of nitrogens with zero attached hydrogens (tertiary/aromatic N) is 2. The number of non-ortho nitro benzene ring substituents is 1. The molecule has 0 saturated carbocycles. The molecule has 0 spiro atoms. The van der Waals surface area contributed by atoms with Gasteiger partial charge in [-0.3, -0.25) is 15.1 Å². The predicted octanol–water partition coefficient (Wildman–Crippen LogP) is 2.63. The van der Waals surface area contributed by atoms with Gasteiger partial charge in [0.2, 0.25) is 0 Å². The van der Waals surface area contributed by atoms with Crippen LogP contribution in [-0.4, -0.2) is 22.2 Å². The topological polar surface area (TPSA) is 119 Å². The Bertz CT molecular complexity index is 741. The van der Waals surface area contributed by atoms with Crippen LogP contribution in [0, 0.1) is 10.1 Å². The number of benzene rings is 2. The Morgan fingerprint density at radius 1 is 1.29 bits per heavy atom. The molecule has 2 aromatic rings. The van der Waals surface area contributed by atoms with Gasteiger partial charge in [-0.15, -0.1) is 0 Å². The van der Waals surface area contributed by atoms with Gasteiger partial charge in [-0.2, -0.15) is 0 Å². The van der Waals surface area contributed by atoms with Gasteiger partial charge < -0.3 is 10.8 Å². The average Bonchev–Trinajstić information content (AvgIpc) is 2.46. The van der Waals surface area contributed by atoms with Crippen LogP contribution in [0.25, 0.3) is 0 Å². The fraction of sp³-hybridized carbons (Fsp3) is 0. The molecular formula is C14H11N3O4. The first kappa shape index (κ1) is 14.2. The number of rotatable bonds is 4. The molecular weight excluding hydrogens is 274 g/mol. The van der Waals surface area contributed by atoms with Crippen molar-refractivity contribution in [2.45, 2.75) is 0 Å². The monoisotopic (exact) mass is 285 g/mol. The second-order valence-corrected chi connectivity index (χ2v) is 4.19. The summed E-state index contributed by atoms with van der Waals surface area (Å²) in [5, 5.41) is 19.5. The van der Waals surface area contributed by atoms with Crippen LogP contribution in [-0.2, 0) is 0 Å². The fourth-order valence-electron chi connectivity index (χ4n) is 1.67. The van der Waals surface area contributed by atoms with Gasteiger partial charge in [-0.05, 0) is 23.8 Å². The van der Waals surface area contributed by atoms with Crippen molar-refractivity contribution in [1.82, 2.24) is 0 Å². The lowest BCUT2D eigenvalue weighted by molar-refractivity contribution is -0.384. The molecule has 21 heavy (non-hydrogen) atoms. The van der Waals surface area contributed by atoms with E-state index in [-0.39, 0.29) is 16.9 Å². The van der Waals surface area contributed by atoms with E-state index in [9.17, 15) is 14.9 Å². The van der Waals surface area contributed by atoms with Gasteiger partial charge in [0.15, 0.2) is 0 Å². The van der Waals surface area contributed by atoms with Crippen molar-refractivity contribution in [2.75, 3.05) is 5.73 Å². The Hall–Kier alpha value is -3.22. The fourth-order valence-corrected chi connectivity index (χ4v) is 1.67. The zero-order valence-electron chi connectivity index (χ0n) is 10.8. The van der Waals surface area contributed by atoms with Gasteiger partial charge in [-0.1, -0.05) is 12.1 Å². The lowest BCUT2D eigenvalue weighted by Gasteiger charge is -2.01. The Morgan fingerprint density at radius 2 is 2.05 bits per heavy atom. The predicted molar refractivity (Wildman–Crippen MR) is 78.2 cm³/mol. The number of carboxylic acid groups (broad SMARTS) is 1. The number of nitro groups is 1. The summed E-state index contributed by atoms with van der Waals surface area (Å²) in [7, 11) is 0. The molecule has 0 aliphatic rings. The number of nitrogens with two attached hydrogens (primary N) is 1. The Kier molecular flexibility index (Phi) is 3.94. The van der Waals surface area contributed by atoms with Crippen LogP contribution in [0.5, 0.6) is 0 Å². The summed E-state index contributed by atoms with van der Waals surface area (Å²) in [5.41, 5.74) is 6.91. The molecule has 0 heterocycles. The van der Waals surface area contributed by atoms with Crippen molar-refractivity contribution < 1.29 is 14.8 Å². The van der Waals surface area contributed by atoms with E-state index in [1.807, 2.05) is 0 Å². The first-order valence-electron chi connectivity index (χ1n) is 5.89. The van der Waals surface area contributed by atoms with E-state index in [0.717, 1.165) is 0 Å². The maximum absolute atomic E-state index is 10.8. The van der Waals surface area contributed by atoms with Crippen LogP contribution in [0.4, 0.5) is 17.1 Å². The molecule has 0 aliphatic carbocycles. The third kappa shape index (κ3) is 3.41. The largest absolute Gasteiger partial charge is 0.478 e. The molecule has 0 aliphatic heterocycles. The smallest absolute Gasteiger partial charge is 0.335 e. The minimum absolute atomic E-state index is 0.0341. The third-order valence-corrected chi connectivity index (χ3v) is 2.71. The quantitative estimate of drug-likeness (QED) is 0.387. The maximum atomic E-state index is 10.8. The second kappa shape index (κ2) is 5.83. The van der Waals surface area contributed by atoms with E-state index in [0.29, 0.717) is 11.3 Å². The van der Waals surface area contributed by atoms with Gasteiger partial charge >= 0.3 is 5.97 Å². The Balaban J connectivity index is 2.27. The van der Waals surface area contributed by atoms with E-state index >= 15 is 0 Å². The van der Waals surface area contributed by atoms with Crippen molar-refractivity contribution >= 4 is 29.2 Å². The van der Waals surface area contributed by atoms with Crippen molar-refractivity contribution in [3.8, 4) is 0 Å². The van der Waals surface area contributed by atoms with E-state index in [4.69, 9.17) is 10.8 Å². The van der Waals surface area contributed by atoms with Gasteiger partial charge in [-0.25, -0.2) is 4.79 Å². The molecule has 2 aromatic carbocycles. The summed E-state index contributed by atoms with van der Waals surface area (Å²) in [6.07, 6.45) is 1.43. The first-order valence-corrected chi connectivity index (χ1v) is 5.89. The summed E-state index contributed by atoms with van der Waals surface area (Å²) in [6.45, 7) is 0. The number of nitrogen functional groups attached to an aromatic ring is 1. The molecule has 0 radical (unpaired) electrons. The van der Waals surface area contributed by atoms with Gasteiger partial charge in [0.05, 0.1) is 21.9 Å². The highest BCUT2D eigenvalue weighted by atomic mass is 16.6. The Morgan fingerprint density at radius 3 is 2.67 bits per heavy atom. The standard InChI is InChI=1S/C14H11N3O4/c15-12-7-10(14(18)19)4-5-13(12)16-8-9-2-1-3-11(6-9)17(20)21/h1-8H,15H2,(H,18,19). The summed E-state index contributed by atoms with van der Waals surface area (Å²) in [5.74, 6) is -1.07. The Labute approximate surface area is 119 Å². The number of carbonyl (C=O) groups is 1. The zero-order chi connectivity index (χ0) is 15.4. The molecule has 2 rings (SSSR count). The highest BCUT2D eigenvalue weighted by molar-refractivity contribution is 5.91. The van der Waals surface area contributed by atoms with Crippen molar-refractivity contribution in [1.29, 1.82) is 0 Å². The van der Waals surface area contributed by atoms with Crippen LogP contribution >= 0.6 is 0 Å². The molecule has 0 saturated heterocycles. The number of carboxylic acids is 1. The minimum atomic E-state index is -1.07. The molecule has 0 atom stereocenters. The molecule has 7 heteroatoms. The van der Waals surface area contributed by atoms with Gasteiger partial charge in [0.1, 0.15) is 0 Å². The normalized spacial score (nSPS) is 10.7. The molecule has 3 N–H and O–H groups in total. The number of nitro benzene ring substituents is 1. The van der Waals surface area contributed by atoms with Crippen LogP contribution in [0.3, 0.4) is 0 Å². The van der Waals surface area contributed by atoms with Crippen LogP contribution in [0.1, 0.15) is 15.9 Å². The van der Waals surface area contributed by atoms with Gasteiger partial charge in [0, 0.05) is 18.3 Å². The molecule has 0 amide bonds. The van der Waals surface area contributed by atoms with E-state index in [1.54, 1.807) is 12.1 Å². The number of aromatic carboxylic acids is 1. The first-order chi connectivity index (χ1) is 9.97. The zero-order valence-corrected chi connectivity index (χ0v) is 10.8. The van der Waals surface area contributed by atoms with E-state index in [1.165, 1.54) is 36.5 Å². The molecule has 0 aromatic heterocycles. The highest BCUT2D eigenvalue weighted by Gasteiger charge is 2.06. The average molecular weight is 285 g/mol. The van der Waals surface area contributed by atoms with Gasteiger partial charge in [0.25, 0.3) is 5.69 Å². The molecule has 0 fully saturated rings. The number of aliphatic imine (C=N–C) groups is 1. The molecule has 7 nitrogen and oxygen atoms in total. The lowest BCUT2D eigenvalue weighted by atomic mass is 10.1. The highest BCUT2D eigenvalue weighted by Crippen LogP contribution is 2.23. The van der Waals surface area contributed by atoms with E-state index < -0.39 is 10.9 Å². The number of anilines is 1. The summed E-state index contributed by atoms with van der Waals surface area (Å²) in [6, 6.07) is 10.2. The van der Waals surface area contributed by atoms with Crippen LogP contribution in [0.2, 0.25) is 0 Å². The lowest BCUT2D eigenvalue weighted by Crippen LogP contribution is -1.97. The molecule has 0 bridgehead atoms. The number of hydrogen-bond donors (Lipinski definition) is 2. The SMILES string of the molecule is Nc1cc(C(=O)O)ccc1N=Cc1cccc([N+](=O)[O-])c1. The van der Waals surface area contributed by atoms with Crippen molar-refractivity contribution in [2.24, 2.45) is 4.99 Å². The van der Waals surface area contributed by atoms with Crippen molar-refractivity contribution in [3.63, 3.8) is 0 Å². The third-order valence-electron chi connectivity index (χ3n) is 2.71. The van der Waals surface area contributed by atoms with Crippen LogP contribution in [0.15, 0.2) is 47.5 Å². The van der Waals surface area contributed by atoms with Crippen molar-refractivity contribution in [3.05, 3.63) is 63.7 Å². The van der Waals surface area contributed by atoms with E-state index in [2.05, 4.69) is 4.99 Å². The number of hydrogen-bond acceptors (Lipinski definition) is 5. The maximum Gasteiger partial charge on any atom is 0.335 e.